The van der Waals surface area contributed by atoms with E-state index in [-0.39, 0.29) is 11.7 Å². The molecular weight excluding hydrogens is 442 g/mol. The van der Waals surface area contributed by atoms with Gasteiger partial charge >= 0.3 is 0 Å². The number of sulfonamides is 1. The lowest BCUT2D eigenvalue weighted by atomic mass is 10.2. The zero-order valence-corrected chi connectivity index (χ0v) is 18.9. The van der Waals surface area contributed by atoms with Crippen molar-refractivity contribution in [3.05, 3.63) is 66.6 Å². The summed E-state index contributed by atoms with van der Waals surface area (Å²) in [5.74, 6) is 0.536. The largest absolute Gasteiger partial charge is 0.328 e. The van der Waals surface area contributed by atoms with E-state index in [0.29, 0.717) is 35.2 Å². The number of amides is 1. The molecule has 0 radical (unpaired) electrons. The van der Waals surface area contributed by atoms with Gasteiger partial charge in [-0.05, 0) is 43.3 Å². The number of anilines is 4. The minimum absolute atomic E-state index is 0.0382. The monoisotopic (exact) mass is 465 g/mol. The van der Waals surface area contributed by atoms with Crippen LogP contribution in [0.5, 0.6) is 0 Å². The first-order chi connectivity index (χ1) is 15.8. The lowest BCUT2D eigenvalue weighted by Gasteiger charge is -2.12. The van der Waals surface area contributed by atoms with Gasteiger partial charge in [0.05, 0.1) is 12.3 Å². The molecule has 170 valence electrons. The minimum Gasteiger partial charge on any atom is -0.328 e. The van der Waals surface area contributed by atoms with Crippen molar-refractivity contribution in [2.24, 2.45) is 0 Å². The van der Waals surface area contributed by atoms with Crippen molar-refractivity contribution in [3.63, 3.8) is 0 Å². The topological polar surface area (TPSA) is 131 Å². The van der Waals surface area contributed by atoms with Gasteiger partial charge in [-0.15, -0.1) is 0 Å². The number of carbonyl (C=O) groups excluding carboxylic acids is 1. The van der Waals surface area contributed by atoms with Gasteiger partial charge in [-0.3, -0.25) is 9.52 Å². The van der Waals surface area contributed by atoms with E-state index in [0.717, 1.165) is 11.1 Å². The Morgan fingerprint density at radius 3 is 2.55 bits per heavy atom. The molecule has 4 aromatic rings. The van der Waals surface area contributed by atoms with E-state index in [1.807, 2.05) is 35.0 Å². The van der Waals surface area contributed by atoms with Crippen molar-refractivity contribution in [2.45, 2.75) is 20.4 Å². The van der Waals surface area contributed by atoms with Crippen molar-refractivity contribution < 1.29 is 13.2 Å². The maximum Gasteiger partial charge on any atom is 0.233 e. The summed E-state index contributed by atoms with van der Waals surface area (Å²) in [4.78, 5) is 24.4. The number of hydrogen-bond acceptors (Lipinski definition) is 7. The average molecular weight is 466 g/mol. The summed E-state index contributed by atoms with van der Waals surface area (Å²) in [5, 5.41) is 6.72. The predicted molar refractivity (Wildman–Crippen MR) is 128 cm³/mol. The standard InChI is InChI=1S/C22H23N7O3S/c1-3-33(31,32)28-20-17(5-4-11-23-20)14-29-12-10-16-13-24-22(27-21(16)29)26-19-8-6-18(7-9-19)25-15(2)30/h4-13H,3,14H2,1-2H3,(H,23,28)(H,25,30)(H,24,26,27). The Labute approximate surface area is 191 Å². The lowest BCUT2D eigenvalue weighted by molar-refractivity contribution is -0.114. The van der Waals surface area contributed by atoms with E-state index in [1.54, 1.807) is 37.5 Å². The first-order valence-corrected chi connectivity index (χ1v) is 11.9. The molecule has 3 aromatic heterocycles. The molecule has 0 aliphatic carbocycles. The number of aromatic nitrogens is 4. The second-order valence-electron chi connectivity index (χ2n) is 7.32. The Bertz CT molecular complexity index is 1400. The average Bonchev–Trinajstić information content (AvgIpc) is 3.18. The third kappa shape index (κ3) is 5.44. The number of nitrogens with one attached hydrogen (secondary N) is 3. The van der Waals surface area contributed by atoms with Gasteiger partial charge in [0.15, 0.2) is 0 Å². The summed E-state index contributed by atoms with van der Waals surface area (Å²) in [7, 11) is -3.45. The van der Waals surface area contributed by atoms with Gasteiger partial charge in [0.25, 0.3) is 0 Å². The molecule has 0 aliphatic rings. The zero-order valence-electron chi connectivity index (χ0n) is 18.1. The summed E-state index contributed by atoms with van der Waals surface area (Å²) >= 11 is 0. The SMILES string of the molecule is CCS(=O)(=O)Nc1ncccc1Cn1ccc2cnc(Nc3ccc(NC(C)=O)cc3)nc21. The second kappa shape index (κ2) is 9.25. The summed E-state index contributed by atoms with van der Waals surface area (Å²) in [6.45, 7) is 3.40. The first-order valence-electron chi connectivity index (χ1n) is 10.2. The van der Waals surface area contributed by atoms with Crippen LogP contribution < -0.4 is 15.4 Å². The van der Waals surface area contributed by atoms with Crippen molar-refractivity contribution in [3.8, 4) is 0 Å². The van der Waals surface area contributed by atoms with Crippen LogP contribution in [0.1, 0.15) is 19.4 Å². The number of rotatable bonds is 8. The molecule has 4 rings (SSSR count). The molecule has 0 fully saturated rings. The Morgan fingerprint density at radius 1 is 1.06 bits per heavy atom. The summed E-state index contributed by atoms with van der Waals surface area (Å²) in [5.41, 5.74) is 2.87. The molecule has 1 amide bonds. The van der Waals surface area contributed by atoms with Crippen molar-refractivity contribution in [1.29, 1.82) is 0 Å². The van der Waals surface area contributed by atoms with Gasteiger partial charge in [-0.2, -0.15) is 4.98 Å². The van der Waals surface area contributed by atoms with Crippen LogP contribution in [0.15, 0.2) is 61.1 Å². The quantitative estimate of drug-likeness (QED) is 0.364. The fraction of sp³-hybridized carbons (Fsp3) is 0.182. The van der Waals surface area contributed by atoms with E-state index in [2.05, 4.69) is 30.3 Å². The van der Waals surface area contributed by atoms with E-state index in [4.69, 9.17) is 0 Å². The number of carbonyl (C=O) groups is 1. The molecule has 10 nitrogen and oxygen atoms in total. The summed E-state index contributed by atoms with van der Waals surface area (Å²) < 4.78 is 28.5. The van der Waals surface area contributed by atoms with Gasteiger partial charge in [-0.1, -0.05) is 6.07 Å². The number of benzene rings is 1. The molecule has 0 atom stereocenters. The number of hydrogen-bond donors (Lipinski definition) is 3. The van der Waals surface area contributed by atoms with Crippen LogP contribution in [0.25, 0.3) is 11.0 Å². The summed E-state index contributed by atoms with van der Waals surface area (Å²) in [6.07, 6.45) is 5.14. The number of fused-ring (bicyclic) bond motifs is 1. The van der Waals surface area contributed by atoms with Crippen LogP contribution in [-0.4, -0.2) is 39.6 Å². The predicted octanol–water partition coefficient (Wildman–Crippen LogP) is 3.34. The fourth-order valence-corrected chi connectivity index (χ4v) is 3.81. The van der Waals surface area contributed by atoms with E-state index < -0.39 is 10.0 Å². The van der Waals surface area contributed by atoms with Crippen LogP contribution in [0, 0.1) is 0 Å². The van der Waals surface area contributed by atoms with Gasteiger partial charge in [0, 0.05) is 47.8 Å². The Balaban J connectivity index is 1.58. The van der Waals surface area contributed by atoms with Crippen LogP contribution in [0.2, 0.25) is 0 Å². The smallest absolute Gasteiger partial charge is 0.233 e. The molecule has 0 aliphatic heterocycles. The number of pyridine rings is 1. The molecule has 1 aromatic carbocycles. The molecule has 0 spiro atoms. The van der Waals surface area contributed by atoms with Crippen LogP contribution in [0.4, 0.5) is 23.1 Å². The van der Waals surface area contributed by atoms with Crippen molar-refractivity contribution in [2.75, 3.05) is 21.1 Å². The van der Waals surface area contributed by atoms with Gasteiger partial charge in [0.2, 0.25) is 21.9 Å². The molecule has 33 heavy (non-hydrogen) atoms. The molecule has 0 saturated heterocycles. The van der Waals surface area contributed by atoms with Gasteiger partial charge < -0.3 is 15.2 Å². The highest BCUT2D eigenvalue weighted by atomic mass is 32.2. The third-order valence-electron chi connectivity index (χ3n) is 4.83. The van der Waals surface area contributed by atoms with Gasteiger partial charge in [0.1, 0.15) is 11.5 Å². The maximum atomic E-state index is 12.0. The van der Waals surface area contributed by atoms with Crippen molar-refractivity contribution in [1.82, 2.24) is 19.5 Å². The molecule has 0 unspecified atom stereocenters. The maximum absolute atomic E-state index is 12.0. The Hall–Kier alpha value is -3.99. The normalized spacial score (nSPS) is 11.3. The molecule has 11 heteroatoms. The Morgan fingerprint density at radius 2 is 1.82 bits per heavy atom. The highest BCUT2D eigenvalue weighted by Gasteiger charge is 2.13. The zero-order chi connectivity index (χ0) is 23.4. The number of nitrogens with zero attached hydrogens (tertiary/aromatic N) is 4. The van der Waals surface area contributed by atoms with E-state index in [9.17, 15) is 13.2 Å². The van der Waals surface area contributed by atoms with E-state index >= 15 is 0 Å². The fourth-order valence-electron chi connectivity index (χ4n) is 3.19. The molecular formula is C22H23N7O3S. The molecule has 3 heterocycles. The first kappa shape index (κ1) is 22.2. The molecule has 3 N–H and O–H groups in total. The minimum atomic E-state index is -3.45. The van der Waals surface area contributed by atoms with Crippen LogP contribution in [0.3, 0.4) is 0 Å². The molecule has 0 bridgehead atoms. The molecule has 0 saturated carbocycles. The van der Waals surface area contributed by atoms with E-state index in [1.165, 1.54) is 6.92 Å². The van der Waals surface area contributed by atoms with Crippen LogP contribution in [-0.2, 0) is 21.4 Å². The van der Waals surface area contributed by atoms with Gasteiger partial charge in [-0.25, -0.2) is 18.4 Å². The summed E-state index contributed by atoms with van der Waals surface area (Å²) in [6, 6.07) is 12.7. The second-order valence-corrected chi connectivity index (χ2v) is 9.33. The van der Waals surface area contributed by atoms with Crippen LogP contribution >= 0.6 is 0 Å². The highest BCUT2D eigenvalue weighted by Crippen LogP contribution is 2.22. The van der Waals surface area contributed by atoms with Crippen molar-refractivity contribution >= 4 is 50.1 Å². The third-order valence-corrected chi connectivity index (χ3v) is 6.09. The Kier molecular flexibility index (Phi) is 6.22. The highest BCUT2D eigenvalue weighted by molar-refractivity contribution is 7.92. The lowest BCUT2D eigenvalue weighted by Crippen LogP contribution is -2.17.